The van der Waals surface area contributed by atoms with Crippen LogP contribution in [0, 0.1) is 6.92 Å². The summed E-state index contributed by atoms with van der Waals surface area (Å²) in [6, 6.07) is 16.1. The molecule has 0 fully saturated rings. The zero-order valence-corrected chi connectivity index (χ0v) is 12.3. The van der Waals surface area contributed by atoms with Crippen LogP contribution in [0.5, 0.6) is 0 Å². The molecule has 0 saturated heterocycles. The normalized spacial score (nSPS) is 11.9. The summed E-state index contributed by atoms with van der Waals surface area (Å²) in [4.78, 5) is 12.3. The van der Waals surface area contributed by atoms with Gasteiger partial charge in [0.05, 0.1) is 6.04 Å². The number of carbonyl (C=O) groups is 1. The number of hydrogen-bond donors (Lipinski definition) is 1. The van der Waals surface area contributed by atoms with Gasteiger partial charge in [-0.2, -0.15) is 0 Å². The lowest BCUT2D eigenvalue weighted by atomic mass is 10.0. The standard InChI is InChI=1S/C18H21NO/c1-4-15-9-11-16(12-10-15)14(3)19-18(20)17-8-6-5-7-13(17)2/h5-12,14H,4H2,1-3H3,(H,19,20). The Balaban J connectivity index is 2.09. The summed E-state index contributed by atoms with van der Waals surface area (Å²) < 4.78 is 0. The van der Waals surface area contributed by atoms with Crippen molar-refractivity contribution < 1.29 is 4.79 Å². The first-order chi connectivity index (χ1) is 9.61. The monoisotopic (exact) mass is 267 g/mol. The van der Waals surface area contributed by atoms with Crippen molar-refractivity contribution in [2.24, 2.45) is 0 Å². The Hall–Kier alpha value is -2.09. The van der Waals surface area contributed by atoms with E-state index in [9.17, 15) is 4.79 Å². The molecule has 2 nitrogen and oxygen atoms in total. The summed E-state index contributed by atoms with van der Waals surface area (Å²) in [6.07, 6.45) is 1.03. The molecule has 0 aliphatic carbocycles. The second-order valence-electron chi connectivity index (χ2n) is 5.11. The number of aryl methyl sites for hydroxylation is 2. The highest BCUT2D eigenvalue weighted by molar-refractivity contribution is 5.95. The summed E-state index contributed by atoms with van der Waals surface area (Å²) in [5, 5.41) is 3.05. The van der Waals surface area contributed by atoms with E-state index in [0.29, 0.717) is 0 Å². The van der Waals surface area contributed by atoms with E-state index in [1.807, 2.05) is 38.1 Å². The second-order valence-corrected chi connectivity index (χ2v) is 5.11. The molecule has 0 spiro atoms. The van der Waals surface area contributed by atoms with E-state index in [0.717, 1.165) is 23.1 Å². The van der Waals surface area contributed by atoms with Crippen LogP contribution in [0.3, 0.4) is 0 Å². The van der Waals surface area contributed by atoms with Crippen LogP contribution in [0.4, 0.5) is 0 Å². The lowest BCUT2D eigenvalue weighted by Crippen LogP contribution is -2.27. The zero-order chi connectivity index (χ0) is 14.5. The molecule has 0 aliphatic rings. The molecule has 0 heterocycles. The van der Waals surface area contributed by atoms with Gasteiger partial charge in [0.25, 0.3) is 5.91 Å². The van der Waals surface area contributed by atoms with Crippen molar-refractivity contribution in [3.8, 4) is 0 Å². The summed E-state index contributed by atoms with van der Waals surface area (Å²) in [5.41, 5.74) is 4.18. The fraction of sp³-hybridized carbons (Fsp3) is 0.278. The van der Waals surface area contributed by atoms with Gasteiger partial charge in [-0.05, 0) is 43.0 Å². The zero-order valence-electron chi connectivity index (χ0n) is 12.3. The molecule has 2 rings (SSSR count). The van der Waals surface area contributed by atoms with Gasteiger partial charge in [-0.1, -0.05) is 49.4 Å². The van der Waals surface area contributed by atoms with E-state index >= 15 is 0 Å². The van der Waals surface area contributed by atoms with Crippen LogP contribution in [0.1, 0.15) is 46.9 Å². The molecule has 2 aromatic carbocycles. The van der Waals surface area contributed by atoms with E-state index in [2.05, 4.69) is 36.5 Å². The first kappa shape index (κ1) is 14.3. The number of benzene rings is 2. The Bertz CT molecular complexity index is 587. The van der Waals surface area contributed by atoms with Crippen LogP contribution in [0.2, 0.25) is 0 Å². The van der Waals surface area contributed by atoms with Crippen LogP contribution in [0.15, 0.2) is 48.5 Å². The highest BCUT2D eigenvalue weighted by Crippen LogP contribution is 2.15. The first-order valence-electron chi connectivity index (χ1n) is 7.07. The summed E-state index contributed by atoms with van der Waals surface area (Å²) >= 11 is 0. The molecule has 0 aliphatic heterocycles. The van der Waals surface area contributed by atoms with E-state index in [-0.39, 0.29) is 11.9 Å². The average molecular weight is 267 g/mol. The molecule has 1 amide bonds. The average Bonchev–Trinajstić information content (AvgIpc) is 2.47. The van der Waals surface area contributed by atoms with Crippen LogP contribution in [-0.4, -0.2) is 5.91 Å². The van der Waals surface area contributed by atoms with Gasteiger partial charge < -0.3 is 5.32 Å². The molecular weight excluding hydrogens is 246 g/mol. The minimum Gasteiger partial charge on any atom is -0.346 e. The molecular formula is C18H21NO. The molecule has 2 heteroatoms. The number of nitrogens with one attached hydrogen (secondary N) is 1. The predicted molar refractivity (Wildman–Crippen MR) is 82.9 cm³/mol. The topological polar surface area (TPSA) is 29.1 Å². The lowest BCUT2D eigenvalue weighted by Gasteiger charge is -2.15. The third-order valence-electron chi connectivity index (χ3n) is 3.63. The number of carbonyl (C=O) groups excluding carboxylic acids is 1. The largest absolute Gasteiger partial charge is 0.346 e. The highest BCUT2D eigenvalue weighted by Gasteiger charge is 2.12. The predicted octanol–water partition coefficient (Wildman–Crippen LogP) is 4.05. The third kappa shape index (κ3) is 3.27. The Labute approximate surface area is 120 Å². The molecule has 104 valence electrons. The van der Waals surface area contributed by atoms with Crippen LogP contribution < -0.4 is 5.32 Å². The fourth-order valence-corrected chi connectivity index (χ4v) is 2.23. The van der Waals surface area contributed by atoms with Crippen LogP contribution in [-0.2, 0) is 6.42 Å². The van der Waals surface area contributed by atoms with Crippen molar-refractivity contribution in [3.05, 3.63) is 70.8 Å². The van der Waals surface area contributed by atoms with Crippen molar-refractivity contribution in [1.82, 2.24) is 5.32 Å². The lowest BCUT2D eigenvalue weighted by molar-refractivity contribution is 0.0939. The first-order valence-corrected chi connectivity index (χ1v) is 7.07. The summed E-state index contributed by atoms with van der Waals surface area (Å²) in [6.45, 7) is 6.10. The van der Waals surface area contributed by atoms with Crippen molar-refractivity contribution in [2.45, 2.75) is 33.2 Å². The van der Waals surface area contributed by atoms with E-state index < -0.39 is 0 Å². The molecule has 1 atom stereocenters. The molecule has 0 saturated carbocycles. The van der Waals surface area contributed by atoms with Crippen LogP contribution >= 0.6 is 0 Å². The number of amides is 1. The van der Waals surface area contributed by atoms with Gasteiger partial charge >= 0.3 is 0 Å². The Kier molecular flexibility index (Phi) is 4.57. The summed E-state index contributed by atoms with van der Waals surface area (Å²) in [7, 11) is 0. The number of rotatable bonds is 4. The molecule has 0 bridgehead atoms. The van der Waals surface area contributed by atoms with Crippen molar-refractivity contribution >= 4 is 5.91 Å². The van der Waals surface area contributed by atoms with Gasteiger partial charge in [0.1, 0.15) is 0 Å². The van der Waals surface area contributed by atoms with Crippen LogP contribution in [0.25, 0.3) is 0 Å². The molecule has 1 unspecified atom stereocenters. The Morgan fingerprint density at radius 3 is 2.35 bits per heavy atom. The Morgan fingerprint density at radius 2 is 1.75 bits per heavy atom. The molecule has 2 aromatic rings. The summed E-state index contributed by atoms with van der Waals surface area (Å²) in [5.74, 6) is -0.0184. The van der Waals surface area contributed by atoms with Gasteiger partial charge in [-0.25, -0.2) is 0 Å². The second kappa shape index (κ2) is 6.38. The van der Waals surface area contributed by atoms with Gasteiger partial charge in [-0.3, -0.25) is 4.79 Å². The van der Waals surface area contributed by atoms with Crippen molar-refractivity contribution in [1.29, 1.82) is 0 Å². The van der Waals surface area contributed by atoms with Crippen molar-refractivity contribution in [2.75, 3.05) is 0 Å². The molecule has 1 N–H and O–H groups in total. The quantitative estimate of drug-likeness (QED) is 0.889. The van der Waals surface area contributed by atoms with Gasteiger partial charge in [-0.15, -0.1) is 0 Å². The maximum absolute atomic E-state index is 12.3. The maximum Gasteiger partial charge on any atom is 0.252 e. The molecule has 20 heavy (non-hydrogen) atoms. The van der Waals surface area contributed by atoms with Gasteiger partial charge in [0.2, 0.25) is 0 Å². The van der Waals surface area contributed by atoms with Gasteiger partial charge in [0, 0.05) is 5.56 Å². The maximum atomic E-state index is 12.3. The minimum absolute atomic E-state index is 0.00742. The number of hydrogen-bond acceptors (Lipinski definition) is 1. The Morgan fingerprint density at radius 1 is 1.10 bits per heavy atom. The molecule has 0 aromatic heterocycles. The minimum atomic E-state index is -0.0184. The smallest absolute Gasteiger partial charge is 0.252 e. The molecule has 0 radical (unpaired) electrons. The highest BCUT2D eigenvalue weighted by atomic mass is 16.1. The van der Waals surface area contributed by atoms with Crippen molar-refractivity contribution in [3.63, 3.8) is 0 Å². The fourth-order valence-electron chi connectivity index (χ4n) is 2.23. The van der Waals surface area contributed by atoms with Gasteiger partial charge in [0.15, 0.2) is 0 Å². The van der Waals surface area contributed by atoms with E-state index in [1.54, 1.807) is 0 Å². The van der Waals surface area contributed by atoms with E-state index in [4.69, 9.17) is 0 Å². The SMILES string of the molecule is CCc1ccc(C(C)NC(=O)c2ccccc2C)cc1. The van der Waals surface area contributed by atoms with E-state index in [1.165, 1.54) is 5.56 Å². The third-order valence-corrected chi connectivity index (χ3v) is 3.63.